The van der Waals surface area contributed by atoms with Crippen molar-refractivity contribution in [3.8, 4) is 6.07 Å². The topological polar surface area (TPSA) is 82.3 Å². The van der Waals surface area contributed by atoms with Crippen molar-refractivity contribution in [1.82, 2.24) is 5.48 Å². The number of nitrogens with one attached hydrogen (secondary N) is 1. The summed E-state index contributed by atoms with van der Waals surface area (Å²) in [6.07, 6.45) is -4.42. The maximum atomic E-state index is 12.3. The molecule has 0 aromatic heterocycles. The van der Waals surface area contributed by atoms with Crippen LogP contribution in [0.4, 0.5) is 13.2 Å². The van der Waals surface area contributed by atoms with Gasteiger partial charge in [0.05, 0.1) is 12.2 Å². The van der Waals surface area contributed by atoms with E-state index in [0.29, 0.717) is 5.56 Å². The van der Waals surface area contributed by atoms with Crippen LogP contribution in [0.5, 0.6) is 0 Å². The molecule has 2 N–H and O–H groups in total. The van der Waals surface area contributed by atoms with Crippen LogP contribution in [-0.4, -0.2) is 11.0 Å². The fourth-order valence-corrected chi connectivity index (χ4v) is 1.32. The van der Waals surface area contributed by atoms with Gasteiger partial charge in [-0.1, -0.05) is 12.1 Å². The highest BCUT2D eigenvalue weighted by Crippen LogP contribution is 2.29. The number of alkyl halides is 3. The van der Waals surface area contributed by atoms with Gasteiger partial charge in [-0.25, -0.2) is 5.48 Å². The van der Waals surface area contributed by atoms with Crippen LogP contribution in [0.15, 0.2) is 35.6 Å². The monoisotopic (exact) mass is 300 g/mol. The molecule has 0 unspecified atom stereocenters. The van der Waals surface area contributed by atoms with E-state index in [1.54, 1.807) is 0 Å². The summed E-state index contributed by atoms with van der Waals surface area (Å²) in [7, 11) is 0. The summed E-state index contributed by atoms with van der Waals surface area (Å²) in [6.45, 7) is 0.973. The Balaban J connectivity index is 2.56. The minimum Gasteiger partial charge on any atom is -0.511 e. The number of amides is 1. The van der Waals surface area contributed by atoms with Gasteiger partial charge >= 0.3 is 6.18 Å². The van der Waals surface area contributed by atoms with Crippen molar-refractivity contribution in [2.45, 2.75) is 19.7 Å². The minimum absolute atomic E-state index is 0.187. The van der Waals surface area contributed by atoms with Crippen molar-refractivity contribution >= 4 is 5.91 Å². The molecule has 0 saturated carbocycles. The van der Waals surface area contributed by atoms with Gasteiger partial charge in [-0.15, -0.1) is 0 Å². The highest BCUT2D eigenvalue weighted by atomic mass is 19.4. The summed E-state index contributed by atoms with van der Waals surface area (Å²) in [4.78, 5) is 16.1. The summed E-state index contributed by atoms with van der Waals surface area (Å²) in [5.74, 6) is -1.41. The first-order chi connectivity index (χ1) is 9.75. The zero-order valence-electron chi connectivity index (χ0n) is 10.9. The molecule has 0 aliphatic rings. The maximum absolute atomic E-state index is 12.3. The Kier molecular flexibility index (Phi) is 5.32. The van der Waals surface area contributed by atoms with Crippen LogP contribution in [0.1, 0.15) is 18.1 Å². The van der Waals surface area contributed by atoms with Gasteiger partial charge in [-0.05, 0) is 24.6 Å². The molecule has 112 valence electrons. The fourth-order valence-electron chi connectivity index (χ4n) is 1.32. The standard InChI is InChI=1S/C13H11F3N2O3/c1-8(19)11(6-17)12(20)18-21-7-9-2-4-10(5-3-9)13(14,15)16/h2-5,19H,7H2,1H3,(H,18,20)/b11-8-. The number of nitrogens with zero attached hydrogens (tertiary/aromatic N) is 1. The van der Waals surface area contributed by atoms with Crippen LogP contribution in [-0.2, 0) is 22.4 Å². The number of aliphatic hydroxyl groups excluding tert-OH is 1. The lowest BCUT2D eigenvalue weighted by Crippen LogP contribution is -2.25. The first kappa shape index (κ1) is 16.5. The van der Waals surface area contributed by atoms with Crippen molar-refractivity contribution in [2.24, 2.45) is 0 Å². The first-order valence-corrected chi connectivity index (χ1v) is 5.64. The molecule has 5 nitrogen and oxygen atoms in total. The lowest BCUT2D eigenvalue weighted by Gasteiger charge is -2.08. The van der Waals surface area contributed by atoms with Crippen LogP contribution < -0.4 is 5.48 Å². The normalized spacial score (nSPS) is 12.3. The number of hydrogen-bond acceptors (Lipinski definition) is 4. The molecule has 1 aromatic carbocycles. The third kappa shape index (κ3) is 4.81. The maximum Gasteiger partial charge on any atom is 0.416 e. The number of aliphatic hydroxyl groups is 1. The molecule has 0 heterocycles. The van der Waals surface area contributed by atoms with E-state index in [1.165, 1.54) is 18.2 Å². The molecular weight excluding hydrogens is 289 g/mol. The van der Waals surface area contributed by atoms with E-state index in [1.807, 2.05) is 5.48 Å². The molecule has 1 aromatic rings. The third-order valence-electron chi connectivity index (χ3n) is 2.39. The Morgan fingerprint density at radius 3 is 2.38 bits per heavy atom. The Morgan fingerprint density at radius 1 is 1.38 bits per heavy atom. The predicted octanol–water partition coefficient (Wildman–Crippen LogP) is 2.61. The summed E-state index contributed by atoms with van der Waals surface area (Å²) >= 11 is 0. The van der Waals surface area contributed by atoms with Crippen molar-refractivity contribution < 1.29 is 27.9 Å². The van der Waals surface area contributed by atoms with Gasteiger partial charge in [0.15, 0.2) is 5.57 Å². The van der Waals surface area contributed by atoms with Crippen LogP contribution in [0.25, 0.3) is 0 Å². The zero-order valence-corrected chi connectivity index (χ0v) is 10.9. The number of nitriles is 1. The summed E-state index contributed by atoms with van der Waals surface area (Å²) in [5, 5.41) is 17.6. The molecule has 21 heavy (non-hydrogen) atoms. The smallest absolute Gasteiger partial charge is 0.416 e. The number of benzene rings is 1. The molecule has 0 bridgehead atoms. The van der Waals surface area contributed by atoms with Gasteiger partial charge in [0.25, 0.3) is 5.91 Å². The quantitative estimate of drug-likeness (QED) is 0.387. The van der Waals surface area contributed by atoms with E-state index in [9.17, 15) is 18.0 Å². The number of hydroxylamine groups is 1. The minimum atomic E-state index is -4.42. The lowest BCUT2D eigenvalue weighted by atomic mass is 10.1. The number of rotatable bonds is 4. The average Bonchev–Trinajstić information content (AvgIpc) is 2.38. The van der Waals surface area contributed by atoms with Gasteiger partial charge in [-0.3, -0.25) is 9.63 Å². The molecule has 1 amide bonds. The highest BCUT2D eigenvalue weighted by molar-refractivity contribution is 5.96. The summed E-state index contributed by atoms with van der Waals surface area (Å²) in [6, 6.07) is 5.67. The van der Waals surface area contributed by atoms with Gasteiger partial charge < -0.3 is 5.11 Å². The Morgan fingerprint density at radius 2 is 1.95 bits per heavy atom. The summed E-state index contributed by atoms with van der Waals surface area (Å²) in [5.41, 5.74) is 0.999. The fraction of sp³-hybridized carbons (Fsp3) is 0.231. The number of halogens is 3. The van der Waals surface area contributed by atoms with Crippen LogP contribution in [0.3, 0.4) is 0 Å². The SMILES string of the molecule is C/C(O)=C(\C#N)C(=O)NOCc1ccc(C(F)(F)F)cc1. The number of carbonyl (C=O) groups is 1. The van der Waals surface area contributed by atoms with Crippen LogP contribution in [0.2, 0.25) is 0 Å². The van der Waals surface area contributed by atoms with Crippen LogP contribution in [0, 0.1) is 11.3 Å². The highest BCUT2D eigenvalue weighted by Gasteiger charge is 2.29. The second-order valence-corrected chi connectivity index (χ2v) is 3.99. The van der Waals surface area contributed by atoms with Crippen molar-refractivity contribution in [3.63, 3.8) is 0 Å². The van der Waals surface area contributed by atoms with Crippen molar-refractivity contribution in [2.75, 3.05) is 0 Å². The predicted molar refractivity (Wildman–Crippen MR) is 65.3 cm³/mol. The van der Waals surface area contributed by atoms with E-state index in [2.05, 4.69) is 0 Å². The molecule has 0 spiro atoms. The molecule has 8 heteroatoms. The Hall–Kier alpha value is -2.53. The molecule has 0 aliphatic heterocycles. The number of allylic oxidation sites excluding steroid dienone is 1. The van der Waals surface area contributed by atoms with E-state index in [0.717, 1.165) is 19.1 Å². The third-order valence-corrected chi connectivity index (χ3v) is 2.39. The molecule has 0 radical (unpaired) electrons. The molecule has 0 aliphatic carbocycles. The Labute approximate surface area is 118 Å². The molecule has 0 saturated heterocycles. The largest absolute Gasteiger partial charge is 0.511 e. The van der Waals surface area contributed by atoms with Gasteiger partial charge in [0.2, 0.25) is 0 Å². The van der Waals surface area contributed by atoms with Crippen LogP contribution >= 0.6 is 0 Å². The summed E-state index contributed by atoms with van der Waals surface area (Å²) < 4.78 is 37.0. The van der Waals surface area contributed by atoms with Gasteiger partial charge in [0, 0.05) is 0 Å². The van der Waals surface area contributed by atoms with E-state index in [-0.39, 0.29) is 6.61 Å². The second kappa shape index (κ2) is 6.76. The van der Waals surface area contributed by atoms with Gasteiger partial charge in [-0.2, -0.15) is 18.4 Å². The molecule has 1 rings (SSSR count). The molecular formula is C13H11F3N2O3. The second-order valence-electron chi connectivity index (χ2n) is 3.99. The zero-order chi connectivity index (χ0) is 16.0. The van der Waals surface area contributed by atoms with Crippen molar-refractivity contribution in [3.05, 3.63) is 46.7 Å². The van der Waals surface area contributed by atoms with E-state index >= 15 is 0 Å². The Bertz CT molecular complexity index is 582. The lowest BCUT2D eigenvalue weighted by molar-refractivity contribution is -0.137. The first-order valence-electron chi connectivity index (χ1n) is 5.64. The average molecular weight is 300 g/mol. The molecule has 0 fully saturated rings. The van der Waals surface area contributed by atoms with E-state index < -0.39 is 29.0 Å². The number of carbonyl (C=O) groups excluding carboxylic acids is 1. The van der Waals surface area contributed by atoms with Crippen molar-refractivity contribution in [1.29, 1.82) is 5.26 Å². The van der Waals surface area contributed by atoms with Gasteiger partial charge in [0.1, 0.15) is 11.8 Å². The molecule has 0 atom stereocenters. The van der Waals surface area contributed by atoms with E-state index in [4.69, 9.17) is 15.2 Å². The number of hydrogen-bond donors (Lipinski definition) is 2.